The maximum absolute atomic E-state index is 12.3. The van der Waals surface area contributed by atoms with E-state index in [1.807, 2.05) is 30.3 Å². The number of hydrogen-bond acceptors (Lipinski definition) is 2. The molecule has 0 saturated carbocycles. The van der Waals surface area contributed by atoms with Gasteiger partial charge in [0.15, 0.2) is 6.54 Å². The van der Waals surface area contributed by atoms with Crippen LogP contribution >= 0.6 is 0 Å². The Hall–Kier alpha value is -2.63. The molecule has 1 fully saturated rings. The number of methoxy groups -OCH3 is 1. The fourth-order valence-corrected chi connectivity index (χ4v) is 3.37. The van der Waals surface area contributed by atoms with Crippen LogP contribution in [0.2, 0.25) is 0 Å². The molecule has 0 spiro atoms. The number of carbonyl (C=O) groups is 1. The Bertz CT molecular complexity index is 736. The highest BCUT2D eigenvalue weighted by Gasteiger charge is 2.23. The summed E-state index contributed by atoms with van der Waals surface area (Å²) in [7, 11) is 1.63. The van der Waals surface area contributed by atoms with Gasteiger partial charge < -0.3 is 19.9 Å². The monoisotopic (exact) mass is 367 g/mol. The van der Waals surface area contributed by atoms with Crippen molar-refractivity contribution in [2.45, 2.75) is 0 Å². The molecule has 0 aromatic heterocycles. The van der Waals surface area contributed by atoms with Gasteiger partial charge in [0.1, 0.15) is 31.9 Å². The molecule has 0 aliphatic carbocycles. The highest BCUT2D eigenvalue weighted by Crippen LogP contribution is 2.14. The van der Waals surface area contributed by atoms with E-state index in [4.69, 9.17) is 4.74 Å². The van der Waals surface area contributed by atoms with Gasteiger partial charge in [-0.15, -0.1) is 0 Å². The van der Waals surface area contributed by atoms with Crippen molar-refractivity contribution in [3.63, 3.8) is 0 Å². The van der Waals surface area contributed by atoms with Crippen LogP contribution in [-0.2, 0) is 4.79 Å². The van der Waals surface area contributed by atoms with E-state index in [1.165, 1.54) is 10.5 Å². The molecule has 5 heteroatoms. The first kappa shape index (κ1) is 19.1. The van der Waals surface area contributed by atoms with Crippen molar-refractivity contribution in [1.82, 2.24) is 0 Å². The van der Waals surface area contributed by atoms with Crippen molar-refractivity contribution in [2.24, 2.45) is 0 Å². The Labute approximate surface area is 161 Å². The number of amides is 1. The molecular weight excluding hydrogens is 338 g/mol. The lowest BCUT2D eigenvalue weighted by atomic mass is 10.2. The second-order valence-corrected chi connectivity index (χ2v) is 6.97. The molecule has 0 unspecified atom stereocenters. The van der Waals surface area contributed by atoms with Crippen molar-refractivity contribution in [3.8, 4) is 5.75 Å². The largest absolute Gasteiger partial charge is 0.497 e. The van der Waals surface area contributed by atoms with Crippen molar-refractivity contribution >= 4 is 17.7 Å². The van der Waals surface area contributed by atoms with Crippen molar-refractivity contribution in [1.29, 1.82) is 0 Å². The number of benzene rings is 2. The van der Waals surface area contributed by atoms with E-state index in [0.29, 0.717) is 6.54 Å². The van der Waals surface area contributed by atoms with Gasteiger partial charge in [-0.25, -0.2) is 0 Å². The summed E-state index contributed by atoms with van der Waals surface area (Å²) in [6, 6.07) is 17.8. The summed E-state index contributed by atoms with van der Waals surface area (Å²) in [5.74, 6) is 0.863. The number of piperazine rings is 1. The standard InChI is InChI=1S/C22H27N3O2/c1-27-21-11-9-20(10-12-21)23-22(26)18-25-16-14-24(15-17-25)13-5-8-19-6-3-2-4-7-19/h2-12H,13-18H2,1H3,(H,23,26)/p+2/b8-5+. The Morgan fingerprint density at radius 1 is 1.00 bits per heavy atom. The molecule has 1 saturated heterocycles. The molecule has 1 amide bonds. The van der Waals surface area contributed by atoms with Gasteiger partial charge in [-0.1, -0.05) is 36.4 Å². The van der Waals surface area contributed by atoms with E-state index in [-0.39, 0.29) is 5.91 Å². The second kappa shape index (κ2) is 9.90. The maximum atomic E-state index is 12.3. The summed E-state index contributed by atoms with van der Waals surface area (Å²) < 4.78 is 5.13. The van der Waals surface area contributed by atoms with Crippen LogP contribution in [-0.4, -0.2) is 52.3 Å². The number of carbonyl (C=O) groups excluding carboxylic acids is 1. The summed E-state index contributed by atoms with van der Waals surface area (Å²) >= 11 is 0. The van der Waals surface area contributed by atoms with Gasteiger partial charge in [0, 0.05) is 5.69 Å². The van der Waals surface area contributed by atoms with Crippen LogP contribution in [0.3, 0.4) is 0 Å². The maximum Gasteiger partial charge on any atom is 0.279 e. The fourth-order valence-electron chi connectivity index (χ4n) is 3.37. The number of anilines is 1. The molecule has 2 aromatic rings. The van der Waals surface area contributed by atoms with Crippen LogP contribution < -0.4 is 19.9 Å². The van der Waals surface area contributed by atoms with Crippen LogP contribution in [0.5, 0.6) is 5.75 Å². The predicted molar refractivity (Wildman–Crippen MR) is 108 cm³/mol. The lowest BCUT2D eigenvalue weighted by Crippen LogP contribution is -3.28. The number of quaternary nitrogens is 2. The molecule has 0 radical (unpaired) electrons. The van der Waals surface area contributed by atoms with Crippen LogP contribution in [0.25, 0.3) is 6.08 Å². The topological polar surface area (TPSA) is 47.2 Å². The lowest BCUT2D eigenvalue weighted by molar-refractivity contribution is -1.01. The molecule has 142 valence electrons. The minimum atomic E-state index is 0.0718. The Balaban J connectivity index is 1.37. The van der Waals surface area contributed by atoms with Gasteiger partial charge in [0.05, 0.1) is 13.7 Å². The van der Waals surface area contributed by atoms with E-state index in [2.05, 4.69) is 41.7 Å². The smallest absolute Gasteiger partial charge is 0.279 e. The summed E-state index contributed by atoms with van der Waals surface area (Å²) in [6.07, 6.45) is 4.45. The van der Waals surface area contributed by atoms with Crippen molar-refractivity contribution in [2.75, 3.05) is 51.7 Å². The zero-order valence-corrected chi connectivity index (χ0v) is 15.9. The summed E-state index contributed by atoms with van der Waals surface area (Å²) in [5, 5.41) is 2.97. The second-order valence-electron chi connectivity index (χ2n) is 6.97. The molecular formula is C22H29N3O2+2. The van der Waals surface area contributed by atoms with Gasteiger partial charge >= 0.3 is 0 Å². The van der Waals surface area contributed by atoms with E-state index in [9.17, 15) is 4.79 Å². The zero-order chi connectivity index (χ0) is 18.9. The van der Waals surface area contributed by atoms with Gasteiger partial charge in [0.25, 0.3) is 5.91 Å². The summed E-state index contributed by atoms with van der Waals surface area (Å²) in [5.41, 5.74) is 2.06. The average molecular weight is 367 g/mol. The van der Waals surface area contributed by atoms with Gasteiger partial charge in [0.2, 0.25) is 0 Å². The molecule has 5 nitrogen and oxygen atoms in total. The third kappa shape index (κ3) is 6.24. The minimum absolute atomic E-state index is 0.0718. The van der Waals surface area contributed by atoms with Gasteiger partial charge in [-0.3, -0.25) is 4.79 Å². The third-order valence-corrected chi connectivity index (χ3v) is 4.96. The highest BCUT2D eigenvalue weighted by atomic mass is 16.5. The van der Waals surface area contributed by atoms with E-state index < -0.39 is 0 Å². The highest BCUT2D eigenvalue weighted by molar-refractivity contribution is 5.91. The summed E-state index contributed by atoms with van der Waals surface area (Å²) in [4.78, 5) is 15.2. The van der Waals surface area contributed by atoms with Crippen molar-refractivity contribution in [3.05, 3.63) is 66.2 Å². The predicted octanol–water partition coefficient (Wildman–Crippen LogP) is 0.131. The molecule has 0 bridgehead atoms. The molecule has 0 atom stereocenters. The minimum Gasteiger partial charge on any atom is -0.497 e. The third-order valence-electron chi connectivity index (χ3n) is 4.96. The van der Waals surface area contributed by atoms with Crippen molar-refractivity contribution < 1.29 is 19.3 Å². The molecule has 2 aromatic carbocycles. The van der Waals surface area contributed by atoms with E-state index in [0.717, 1.165) is 44.2 Å². The molecule has 3 N–H and O–H groups in total. The van der Waals surface area contributed by atoms with Crippen LogP contribution in [0.1, 0.15) is 5.56 Å². The molecule has 1 heterocycles. The summed E-state index contributed by atoms with van der Waals surface area (Å²) in [6.45, 7) is 5.84. The van der Waals surface area contributed by atoms with Crippen LogP contribution in [0.4, 0.5) is 5.69 Å². The number of rotatable bonds is 7. The number of hydrogen-bond donors (Lipinski definition) is 3. The number of nitrogens with one attached hydrogen (secondary N) is 3. The molecule has 1 aliphatic heterocycles. The SMILES string of the molecule is COc1ccc(NC(=O)C[NH+]2CC[NH+](C/C=C/c3ccccc3)CC2)cc1. The van der Waals surface area contributed by atoms with E-state index >= 15 is 0 Å². The van der Waals surface area contributed by atoms with Crippen LogP contribution in [0, 0.1) is 0 Å². The lowest BCUT2D eigenvalue weighted by Gasteiger charge is -2.28. The first-order valence-electron chi connectivity index (χ1n) is 9.55. The quantitative estimate of drug-likeness (QED) is 0.652. The van der Waals surface area contributed by atoms with Gasteiger partial charge in [-0.2, -0.15) is 0 Å². The molecule has 27 heavy (non-hydrogen) atoms. The first-order chi connectivity index (χ1) is 13.2. The molecule has 1 aliphatic rings. The Morgan fingerprint density at radius 2 is 1.67 bits per heavy atom. The first-order valence-corrected chi connectivity index (χ1v) is 9.55. The fraction of sp³-hybridized carbons (Fsp3) is 0.318. The average Bonchev–Trinajstić information content (AvgIpc) is 2.71. The molecule has 3 rings (SSSR count). The Kier molecular flexibility index (Phi) is 7.02. The number of ether oxygens (including phenoxy) is 1. The Morgan fingerprint density at radius 3 is 2.33 bits per heavy atom. The zero-order valence-electron chi connectivity index (χ0n) is 15.9. The van der Waals surface area contributed by atoms with Crippen LogP contribution in [0.15, 0.2) is 60.7 Å². The normalized spacial score (nSPS) is 19.7. The van der Waals surface area contributed by atoms with E-state index in [1.54, 1.807) is 12.0 Å². The van der Waals surface area contributed by atoms with Gasteiger partial charge in [-0.05, 0) is 35.9 Å².